The summed E-state index contributed by atoms with van der Waals surface area (Å²) in [4.78, 5) is 46.1. The van der Waals surface area contributed by atoms with Crippen LogP contribution in [0.4, 0.5) is 17.1 Å². The van der Waals surface area contributed by atoms with E-state index in [4.69, 9.17) is 9.57 Å². The highest BCUT2D eigenvalue weighted by Gasteiger charge is 2.60. The molecular formula is C27H25N3O5. The summed E-state index contributed by atoms with van der Waals surface area (Å²) in [6, 6.07) is 23.1. The second-order valence-electron chi connectivity index (χ2n) is 8.37. The van der Waals surface area contributed by atoms with Crippen LogP contribution in [-0.2, 0) is 19.2 Å². The second kappa shape index (κ2) is 9.23. The summed E-state index contributed by atoms with van der Waals surface area (Å²) < 4.78 is 5.68. The van der Waals surface area contributed by atoms with Gasteiger partial charge in [-0.1, -0.05) is 42.5 Å². The third kappa shape index (κ3) is 4.02. The molecule has 3 atom stereocenters. The molecule has 0 spiro atoms. The average molecular weight is 472 g/mol. The highest BCUT2D eigenvalue weighted by atomic mass is 16.7. The zero-order valence-corrected chi connectivity index (χ0v) is 19.4. The maximum absolute atomic E-state index is 13.8. The van der Waals surface area contributed by atoms with Crippen LogP contribution in [-0.4, -0.2) is 30.4 Å². The number of para-hydroxylation sites is 3. The number of hydrogen-bond acceptors (Lipinski definition) is 6. The van der Waals surface area contributed by atoms with Crippen LogP contribution in [0.3, 0.4) is 0 Å². The van der Waals surface area contributed by atoms with Gasteiger partial charge in [-0.3, -0.25) is 19.2 Å². The quantitative estimate of drug-likeness (QED) is 0.545. The molecule has 3 amide bonds. The number of fused-ring (bicyclic) bond motifs is 1. The maximum atomic E-state index is 13.8. The second-order valence-corrected chi connectivity index (χ2v) is 8.37. The molecule has 5 rings (SSSR count). The molecular weight excluding hydrogens is 446 g/mol. The number of carbonyl (C=O) groups excluding carboxylic acids is 3. The van der Waals surface area contributed by atoms with E-state index in [1.54, 1.807) is 41.5 Å². The summed E-state index contributed by atoms with van der Waals surface area (Å²) in [6.07, 6.45) is -0.975. The fourth-order valence-corrected chi connectivity index (χ4v) is 4.68. The van der Waals surface area contributed by atoms with Crippen LogP contribution in [0.25, 0.3) is 0 Å². The summed E-state index contributed by atoms with van der Waals surface area (Å²) in [6.45, 7) is 3.69. The van der Waals surface area contributed by atoms with Crippen LogP contribution < -0.4 is 20.0 Å². The number of hydrogen-bond donors (Lipinski definition) is 1. The molecule has 2 saturated heterocycles. The molecule has 2 heterocycles. The number of carbonyl (C=O) groups is 3. The molecule has 8 nitrogen and oxygen atoms in total. The van der Waals surface area contributed by atoms with Gasteiger partial charge in [-0.2, -0.15) is 0 Å². The lowest BCUT2D eigenvalue weighted by atomic mass is 9.90. The molecule has 0 aromatic heterocycles. The molecule has 0 bridgehead atoms. The zero-order chi connectivity index (χ0) is 24.5. The lowest BCUT2D eigenvalue weighted by Crippen LogP contribution is -2.37. The van der Waals surface area contributed by atoms with Crippen molar-refractivity contribution in [3.8, 4) is 5.75 Å². The first-order valence-electron chi connectivity index (χ1n) is 11.5. The normalized spacial score (nSPS) is 21.3. The molecule has 1 N–H and O–H groups in total. The van der Waals surface area contributed by atoms with Crippen molar-refractivity contribution in [3.05, 3.63) is 84.4 Å². The minimum Gasteiger partial charge on any atom is -0.492 e. The van der Waals surface area contributed by atoms with E-state index in [2.05, 4.69) is 5.32 Å². The predicted octanol–water partition coefficient (Wildman–Crippen LogP) is 4.09. The number of hydroxylamine groups is 1. The van der Waals surface area contributed by atoms with Crippen molar-refractivity contribution in [2.24, 2.45) is 5.92 Å². The molecule has 0 saturated carbocycles. The molecule has 8 heteroatoms. The van der Waals surface area contributed by atoms with Crippen LogP contribution in [0.1, 0.15) is 25.5 Å². The van der Waals surface area contributed by atoms with Crippen molar-refractivity contribution in [1.82, 2.24) is 0 Å². The van der Waals surface area contributed by atoms with E-state index in [1.807, 2.05) is 49.4 Å². The Bertz CT molecular complexity index is 1260. The zero-order valence-electron chi connectivity index (χ0n) is 19.4. The van der Waals surface area contributed by atoms with E-state index in [1.165, 1.54) is 11.8 Å². The number of anilines is 3. The standard InChI is InChI=1S/C27H25N3O5/c1-3-34-22-12-8-7-11-21(22)29-26(32)23-24(18-13-15-19(16-14-18)28-17(2)31)30(35-25(23)27(29)33)20-9-5-4-6-10-20/h4-16,23-25H,3H2,1-2H3,(H,28,31)/t23-,24-,25-/m0/s1. The van der Waals surface area contributed by atoms with Crippen LogP contribution in [0.15, 0.2) is 78.9 Å². The van der Waals surface area contributed by atoms with Gasteiger partial charge in [0.15, 0.2) is 6.10 Å². The number of nitrogens with one attached hydrogen (secondary N) is 1. The summed E-state index contributed by atoms with van der Waals surface area (Å²) in [7, 11) is 0. The Morgan fingerprint density at radius 2 is 1.63 bits per heavy atom. The van der Waals surface area contributed by atoms with Gasteiger partial charge in [0.1, 0.15) is 11.7 Å². The largest absolute Gasteiger partial charge is 0.492 e. The molecule has 0 aliphatic carbocycles. The Labute approximate surface area is 203 Å². The van der Waals surface area contributed by atoms with Crippen molar-refractivity contribution in [2.75, 3.05) is 21.9 Å². The Hall–Kier alpha value is -4.17. The SMILES string of the molecule is CCOc1ccccc1N1C(=O)[C@@H]2[C@H](ON(c3ccccc3)[C@H]2c2ccc(NC(C)=O)cc2)C1=O. The molecule has 3 aromatic carbocycles. The van der Waals surface area contributed by atoms with Gasteiger partial charge in [-0.15, -0.1) is 0 Å². The molecule has 3 aromatic rings. The summed E-state index contributed by atoms with van der Waals surface area (Å²) in [5.41, 5.74) is 2.58. The smallest absolute Gasteiger partial charge is 0.266 e. The van der Waals surface area contributed by atoms with Crippen LogP contribution in [0, 0.1) is 5.92 Å². The van der Waals surface area contributed by atoms with Crippen LogP contribution in [0.2, 0.25) is 0 Å². The van der Waals surface area contributed by atoms with Gasteiger partial charge in [0.2, 0.25) is 11.8 Å². The molecule has 2 fully saturated rings. The van der Waals surface area contributed by atoms with E-state index in [9.17, 15) is 14.4 Å². The molecule has 2 aliphatic heterocycles. The van der Waals surface area contributed by atoms with Crippen molar-refractivity contribution >= 4 is 34.8 Å². The number of benzene rings is 3. The third-order valence-corrected chi connectivity index (χ3v) is 6.10. The molecule has 178 valence electrons. The van der Waals surface area contributed by atoms with E-state index in [0.717, 1.165) is 11.3 Å². The van der Waals surface area contributed by atoms with Crippen LogP contribution in [0.5, 0.6) is 5.75 Å². The number of imide groups is 1. The number of nitrogens with zero attached hydrogens (tertiary/aromatic N) is 2. The first kappa shape index (κ1) is 22.6. The van der Waals surface area contributed by atoms with Gasteiger partial charge in [0, 0.05) is 12.6 Å². The van der Waals surface area contributed by atoms with E-state index >= 15 is 0 Å². The number of amides is 3. The van der Waals surface area contributed by atoms with Crippen molar-refractivity contribution in [3.63, 3.8) is 0 Å². The highest BCUT2D eigenvalue weighted by Crippen LogP contribution is 2.48. The minimum absolute atomic E-state index is 0.173. The number of rotatable bonds is 6. The molecule has 2 aliphatic rings. The Balaban J connectivity index is 1.55. The first-order chi connectivity index (χ1) is 17.0. The van der Waals surface area contributed by atoms with E-state index < -0.39 is 24.0 Å². The van der Waals surface area contributed by atoms with Crippen molar-refractivity contribution in [1.29, 1.82) is 0 Å². The van der Waals surface area contributed by atoms with Gasteiger partial charge in [0.25, 0.3) is 5.91 Å². The molecule has 0 radical (unpaired) electrons. The lowest BCUT2D eigenvalue weighted by molar-refractivity contribution is -0.126. The number of ether oxygens (including phenoxy) is 1. The Kier molecular flexibility index (Phi) is 5.96. The van der Waals surface area contributed by atoms with Gasteiger partial charge >= 0.3 is 0 Å². The van der Waals surface area contributed by atoms with Gasteiger partial charge in [-0.05, 0) is 48.9 Å². The summed E-state index contributed by atoms with van der Waals surface area (Å²) >= 11 is 0. The monoisotopic (exact) mass is 471 g/mol. The first-order valence-corrected chi connectivity index (χ1v) is 11.5. The summed E-state index contributed by atoms with van der Waals surface area (Å²) in [5, 5.41) is 4.39. The maximum Gasteiger partial charge on any atom is 0.266 e. The minimum atomic E-state index is -0.975. The predicted molar refractivity (Wildman–Crippen MR) is 131 cm³/mol. The Morgan fingerprint density at radius 1 is 0.943 bits per heavy atom. The van der Waals surface area contributed by atoms with Crippen molar-refractivity contribution < 1.29 is 24.0 Å². The summed E-state index contributed by atoms with van der Waals surface area (Å²) in [5.74, 6) is -1.24. The van der Waals surface area contributed by atoms with Gasteiger partial charge < -0.3 is 10.1 Å². The fraction of sp³-hybridized carbons (Fsp3) is 0.222. The lowest BCUT2D eigenvalue weighted by Gasteiger charge is -2.29. The molecule has 0 unspecified atom stereocenters. The van der Waals surface area contributed by atoms with Crippen molar-refractivity contribution in [2.45, 2.75) is 26.0 Å². The average Bonchev–Trinajstić information content (AvgIpc) is 3.36. The topological polar surface area (TPSA) is 88.2 Å². The van der Waals surface area contributed by atoms with E-state index in [0.29, 0.717) is 23.7 Å². The molecule has 35 heavy (non-hydrogen) atoms. The van der Waals surface area contributed by atoms with Gasteiger partial charge in [-0.25, -0.2) is 9.96 Å². The Morgan fingerprint density at radius 3 is 2.31 bits per heavy atom. The third-order valence-electron chi connectivity index (χ3n) is 6.10. The highest BCUT2D eigenvalue weighted by molar-refractivity contribution is 6.24. The fourth-order valence-electron chi connectivity index (χ4n) is 4.68. The van der Waals surface area contributed by atoms with Crippen LogP contribution >= 0.6 is 0 Å². The van der Waals surface area contributed by atoms with Gasteiger partial charge in [0.05, 0.1) is 24.0 Å². The van der Waals surface area contributed by atoms with E-state index in [-0.39, 0.29) is 11.8 Å².